The summed E-state index contributed by atoms with van der Waals surface area (Å²) in [6, 6.07) is -0.542. The Morgan fingerprint density at radius 3 is 2.59 bits per heavy atom. The van der Waals surface area contributed by atoms with Crippen LogP contribution < -0.4 is 5.32 Å². The van der Waals surface area contributed by atoms with Crippen molar-refractivity contribution in [3.8, 4) is 0 Å². The minimum absolute atomic E-state index is 0.143. The maximum atomic E-state index is 12.9. The summed E-state index contributed by atoms with van der Waals surface area (Å²) in [5, 5.41) is 6.56. The van der Waals surface area contributed by atoms with E-state index in [1.807, 2.05) is 0 Å². The highest BCUT2D eigenvalue weighted by atomic mass is 35.5. The van der Waals surface area contributed by atoms with Gasteiger partial charge in [-0.15, -0.1) is 5.10 Å². The Morgan fingerprint density at radius 1 is 1.37 bits per heavy atom. The van der Waals surface area contributed by atoms with E-state index in [0.29, 0.717) is 28.8 Å². The van der Waals surface area contributed by atoms with Gasteiger partial charge < -0.3 is 10.1 Å². The van der Waals surface area contributed by atoms with Crippen molar-refractivity contribution in [1.29, 1.82) is 0 Å². The van der Waals surface area contributed by atoms with Crippen molar-refractivity contribution in [1.82, 2.24) is 19.8 Å². The van der Waals surface area contributed by atoms with Gasteiger partial charge in [-0.3, -0.25) is 14.5 Å². The highest BCUT2D eigenvalue weighted by Crippen LogP contribution is 2.43. The molecule has 8 nitrogen and oxygen atoms in total. The molecule has 1 spiro atoms. The predicted molar refractivity (Wildman–Crippen MR) is 99.1 cm³/mol. The van der Waals surface area contributed by atoms with Crippen LogP contribution in [-0.2, 0) is 20.9 Å². The van der Waals surface area contributed by atoms with Crippen molar-refractivity contribution in [3.05, 3.63) is 10.0 Å². The molecule has 0 aromatic carbocycles. The number of hydrogen-bond donors (Lipinski definition) is 1. The molecule has 1 saturated carbocycles. The highest BCUT2D eigenvalue weighted by molar-refractivity contribution is 7.10. The fourth-order valence-corrected chi connectivity index (χ4v) is 4.34. The van der Waals surface area contributed by atoms with Crippen molar-refractivity contribution < 1.29 is 19.1 Å². The summed E-state index contributed by atoms with van der Waals surface area (Å²) >= 11 is 6.85. The van der Waals surface area contributed by atoms with Gasteiger partial charge in [0.1, 0.15) is 28.7 Å². The molecule has 1 aliphatic carbocycles. The number of ether oxygens (including phenoxy) is 1. The molecule has 148 valence electrons. The number of halogens is 1. The first-order valence-corrected chi connectivity index (χ1v) is 10.0. The minimum atomic E-state index is -0.888. The summed E-state index contributed by atoms with van der Waals surface area (Å²) in [4.78, 5) is 38.2. The summed E-state index contributed by atoms with van der Waals surface area (Å²) in [5.74, 6) is -0.531. The van der Waals surface area contributed by atoms with Crippen LogP contribution in [0.25, 0.3) is 0 Å². The molecule has 1 aromatic rings. The lowest BCUT2D eigenvalue weighted by Crippen LogP contribution is -2.50. The fraction of sp³-hybridized carbons (Fsp3) is 0.706. The summed E-state index contributed by atoms with van der Waals surface area (Å²) in [6.45, 7) is 6.01. The van der Waals surface area contributed by atoms with Crippen LogP contribution in [0.2, 0.25) is 4.34 Å². The lowest BCUT2D eigenvalue weighted by molar-refractivity contribution is -0.149. The van der Waals surface area contributed by atoms with E-state index < -0.39 is 24.1 Å². The van der Waals surface area contributed by atoms with Gasteiger partial charge in [0, 0.05) is 11.5 Å². The van der Waals surface area contributed by atoms with Crippen LogP contribution in [0.3, 0.4) is 0 Å². The molecule has 2 fully saturated rings. The van der Waals surface area contributed by atoms with Crippen LogP contribution in [0.15, 0.2) is 0 Å². The number of hydrogen-bond acceptors (Lipinski definition) is 7. The first-order valence-electron chi connectivity index (χ1n) is 8.89. The second-order valence-electron chi connectivity index (χ2n) is 8.20. The van der Waals surface area contributed by atoms with E-state index in [1.165, 1.54) is 0 Å². The molecule has 3 amide bonds. The van der Waals surface area contributed by atoms with E-state index in [9.17, 15) is 14.4 Å². The number of esters is 1. The molecule has 0 unspecified atom stereocenters. The van der Waals surface area contributed by atoms with E-state index in [2.05, 4.69) is 35.7 Å². The number of nitrogens with zero attached hydrogens (tertiary/aromatic N) is 3. The van der Waals surface area contributed by atoms with Crippen LogP contribution in [0, 0.1) is 11.3 Å². The zero-order chi connectivity index (χ0) is 19.8. The van der Waals surface area contributed by atoms with Gasteiger partial charge >= 0.3 is 12.0 Å². The van der Waals surface area contributed by atoms with Gasteiger partial charge in [-0.2, -0.15) is 0 Å². The molecule has 2 aliphatic rings. The maximum absolute atomic E-state index is 12.9. The average Bonchev–Trinajstić information content (AvgIpc) is 3.09. The number of aromatic nitrogens is 2. The lowest BCUT2D eigenvalue weighted by atomic mass is 9.67. The zero-order valence-electron chi connectivity index (χ0n) is 15.6. The second kappa shape index (κ2) is 7.35. The summed E-state index contributed by atoms with van der Waals surface area (Å²) < 4.78 is 9.06. The summed E-state index contributed by atoms with van der Waals surface area (Å²) in [7, 11) is 0. The number of rotatable bonds is 4. The van der Waals surface area contributed by atoms with Crippen molar-refractivity contribution in [3.63, 3.8) is 0 Å². The highest BCUT2D eigenvalue weighted by Gasteiger charge is 2.53. The largest absolute Gasteiger partial charge is 0.458 e. The molecular formula is C17H23ClN4O4S. The predicted octanol–water partition coefficient (Wildman–Crippen LogP) is 2.76. The Hall–Kier alpha value is -1.74. The van der Waals surface area contributed by atoms with Crippen molar-refractivity contribution >= 4 is 41.0 Å². The molecule has 0 atom stereocenters. The monoisotopic (exact) mass is 414 g/mol. The normalized spacial score (nSPS) is 25.8. The quantitative estimate of drug-likeness (QED) is 0.600. The second-order valence-corrected chi connectivity index (χ2v) is 9.55. The van der Waals surface area contributed by atoms with Crippen LogP contribution >= 0.6 is 23.1 Å². The smallest absolute Gasteiger partial charge is 0.326 e. The van der Waals surface area contributed by atoms with Crippen molar-refractivity contribution in [2.24, 2.45) is 11.3 Å². The Kier molecular flexibility index (Phi) is 5.45. The lowest BCUT2D eigenvalue weighted by Gasteiger charge is -2.40. The SMILES string of the molecule is CC(C)(C)C1CCC2(CC1)NC(=O)N(CC(=O)OCc1nnsc1Cl)C2=O. The van der Waals surface area contributed by atoms with Gasteiger partial charge in [-0.25, -0.2) is 4.79 Å². The first-order chi connectivity index (χ1) is 12.6. The maximum Gasteiger partial charge on any atom is 0.326 e. The van der Waals surface area contributed by atoms with Crippen LogP contribution in [0.1, 0.15) is 52.1 Å². The molecule has 3 rings (SSSR count). The zero-order valence-corrected chi connectivity index (χ0v) is 17.2. The fourth-order valence-electron chi connectivity index (χ4n) is 3.74. The van der Waals surface area contributed by atoms with Crippen LogP contribution in [-0.4, -0.2) is 44.5 Å². The van der Waals surface area contributed by atoms with E-state index in [1.54, 1.807) is 0 Å². The third-order valence-corrected chi connectivity index (χ3v) is 6.46. The third kappa shape index (κ3) is 4.08. The first kappa shape index (κ1) is 20.0. The standard InChI is InChI=1S/C17H23ClN4O4S/c1-16(2,3)10-4-6-17(7-5-10)14(24)22(15(25)19-17)8-12(23)26-9-11-13(18)27-21-20-11/h10H,4-9H2,1-3H3,(H,19,25). The van der Waals surface area contributed by atoms with Gasteiger partial charge in [0.2, 0.25) is 0 Å². The van der Waals surface area contributed by atoms with Crippen molar-refractivity contribution in [2.45, 2.75) is 58.6 Å². The molecule has 1 aromatic heterocycles. The summed E-state index contributed by atoms with van der Waals surface area (Å²) in [5.41, 5.74) is -0.367. The van der Waals surface area contributed by atoms with Gasteiger partial charge in [0.15, 0.2) is 0 Å². The number of urea groups is 1. The molecule has 2 heterocycles. The van der Waals surface area contributed by atoms with E-state index in [4.69, 9.17) is 16.3 Å². The molecule has 1 saturated heterocycles. The third-order valence-electron chi connectivity index (χ3n) is 5.48. The van der Waals surface area contributed by atoms with Gasteiger partial charge in [0.05, 0.1) is 0 Å². The van der Waals surface area contributed by atoms with E-state index in [0.717, 1.165) is 29.3 Å². The Bertz CT molecular complexity index is 752. The van der Waals surface area contributed by atoms with E-state index >= 15 is 0 Å². The molecule has 1 aliphatic heterocycles. The van der Waals surface area contributed by atoms with E-state index in [-0.39, 0.29) is 17.9 Å². The molecular weight excluding hydrogens is 392 g/mol. The number of nitrogens with one attached hydrogen (secondary N) is 1. The minimum Gasteiger partial charge on any atom is -0.458 e. The van der Waals surface area contributed by atoms with Crippen molar-refractivity contribution in [2.75, 3.05) is 6.54 Å². The Labute approximate surface area is 166 Å². The molecule has 0 radical (unpaired) electrons. The molecule has 27 heavy (non-hydrogen) atoms. The number of imide groups is 1. The Balaban J connectivity index is 1.58. The number of amides is 3. The number of carbonyl (C=O) groups excluding carboxylic acids is 3. The molecule has 0 bridgehead atoms. The van der Waals surface area contributed by atoms with Gasteiger partial charge in [-0.1, -0.05) is 36.9 Å². The number of carbonyl (C=O) groups is 3. The van der Waals surface area contributed by atoms with Gasteiger partial charge in [0.25, 0.3) is 5.91 Å². The average molecular weight is 415 g/mol. The summed E-state index contributed by atoms with van der Waals surface area (Å²) in [6.07, 6.45) is 2.91. The molecule has 10 heteroatoms. The Morgan fingerprint density at radius 2 is 2.04 bits per heavy atom. The van der Waals surface area contributed by atoms with Gasteiger partial charge in [-0.05, 0) is 37.0 Å². The van der Waals surface area contributed by atoms with Crippen LogP contribution in [0.5, 0.6) is 0 Å². The topological polar surface area (TPSA) is 101 Å². The van der Waals surface area contributed by atoms with Crippen LogP contribution in [0.4, 0.5) is 4.79 Å². The molecule has 1 N–H and O–H groups in total.